The summed E-state index contributed by atoms with van der Waals surface area (Å²) in [5.41, 5.74) is 7.33. The first-order chi connectivity index (χ1) is 12.3. The number of aliphatic imine (C=N–C) groups is 1. The maximum Gasteiger partial charge on any atom is 0.188 e. The van der Waals surface area contributed by atoms with Gasteiger partial charge in [-0.2, -0.15) is 0 Å². The summed E-state index contributed by atoms with van der Waals surface area (Å²) in [5, 5.41) is 3.22. The van der Waals surface area contributed by atoms with E-state index in [-0.39, 0.29) is 23.1 Å². The van der Waals surface area contributed by atoms with Crippen LogP contribution in [0.15, 0.2) is 35.3 Å². The number of hydrogen-bond acceptors (Lipinski definition) is 4. The topological polar surface area (TPSA) is 66.1 Å². The number of piperazine rings is 1. The molecule has 1 aromatic rings. The number of guanidine groups is 1. The highest BCUT2D eigenvalue weighted by Crippen LogP contribution is 2.11. The van der Waals surface area contributed by atoms with Crippen LogP contribution in [-0.4, -0.2) is 74.3 Å². The summed E-state index contributed by atoms with van der Waals surface area (Å²) in [6.45, 7) is 8.92. The summed E-state index contributed by atoms with van der Waals surface area (Å²) in [4.78, 5) is 9.39. The van der Waals surface area contributed by atoms with E-state index in [1.165, 1.54) is 5.56 Å². The van der Waals surface area contributed by atoms with Gasteiger partial charge in [-0.05, 0) is 18.4 Å². The molecule has 2 aliphatic heterocycles. The van der Waals surface area contributed by atoms with Crippen molar-refractivity contribution in [3.8, 4) is 0 Å². The van der Waals surface area contributed by atoms with Crippen molar-refractivity contribution in [3.05, 3.63) is 35.9 Å². The van der Waals surface area contributed by atoms with Gasteiger partial charge in [0, 0.05) is 52.4 Å². The van der Waals surface area contributed by atoms with Crippen LogP contribution in [0.25, 0.3) is 0 Å². The molecule has 1 atom stereocenters. The number of hydrogen-bond donors (Lipinski definition) is 2. The summed E-state index contributed by atoms with van der Waals surface area (Å²) in [7, 11) is 0. The van der Waals surface area contributed by atoms with Crippen molar-refractivity contribution >= 4 is 22.9 Å². The minimum atomic E-state index is 0. The van der Waals surface area contributed by atoms with E-state index in [4.69, 9.17) is 10.5 Å². The van der Waals surface area contributed by atoms with Crippen LogP contribution in [0, 0.1) is 0 Å². The molecule has 2 heterocycles. The summed E-state index contributed by atoms with van der Waals surface area (Å²) >= 11 is 0. The summed E-state index contributed by atoms with van der Waals surface area (Å²) in [6.07, 6.45) is 2.51. The smallest absolute Gasteiger partial charge is 0.188 e. The fourth-order valence-corrected chi connectivity index (χ4v) is 3.40. The molecule has 0 saturated carbocycles. The number of nitrogens with zero attached hydrogens (tertiary/aromatic N) is 3. The van der Waals surface area contributed by atoms with Gasteiger partial charge in [-0.3, -0.25) is 14.8 Å². The predicted octanol–water partition coefficient (Wildman–Crippen LogP) is 1.47. The van der Waals surface area contributed by atoms with Crippen LogP contribution in [-0.2, 0) is 11.3 Å². The summed E-state index contributed by atoms with van der Waals surface area (Å²) in [6, 6.07) is 10.7. The lowest BCUT2D eigenvalue weighted by Crippen LogP contribution is -2.48. The molecule has 0 aliphatic carbocycles. The number of nitrogens with one attached hydrogen (secondary N) is 1. The molecular formula is C19H32BrN5O. The van der Waals surface area contributed by atoms with Gasteiger partial charge in [-0.25, -0.2) is 0 Å². The molecule has 0 spiro atoms. The van der Waals surface area contributed by atoms with Crippen LogP contribution in [0.3, 0.4) is 0 Å². The van der Waals surface area contributed by atoms with E-state index >= 15 is 0 Å². The zero-order valence-corrected chi connectivity index (χ0v) is 17.2. The Morgan fingerprint density at radius 1 is 1.15 bits per heavy atom. The molecule has 7 heteroatoms. The lowest BCUT2D eigenvalue weighted by molar-refractivity contribution is 0.117. The second-order valence-corrected chi connectivity index (χ2v) is 6.89. The zero-order valence-electron chi connectivity index (χ0n) is 15.5. The minimum Gasteiger partial charge on any atom is -0.376 e. The highest BCUT2D eigenvalue weighted by atomic mass is 79.9. The Morgan fingerprint density at radius 2 is 1.88 bits per heavy atom. The first-order valence-corrected chi connectivity index (χ1v) is 9.43. The van der Waals surface area contributed by atoms with Crippen molar-refractivity contribution in [1.82, 2.24) is 15.1 Å². The second-order valence-electron chi connectivity index (χ2n) is 6.89. The van der Waals surface area contributed by atoms with Gasteiger partial charge in [0.15, 0.2) is 5.96 Å². The quantitative estimate of drug-likeness (QED) is 0.511. The monoisotopic (exact) mass is 425 g/mol. The van der Waals surface area contributed by atoms with E-state index in [2.05, 4.69) is 50.4 Å². The van der Waals surface area contributed by atoms with Gasteiger partial charge >= 0.3 is 0 Å². The van der Waals surface area contributed by atoms with E-state index in [1.54, 1.807) is 0 Å². The third-order valence-corrected chi connectivity index (χ3v) is 4.94. The van der Waals surface area contributed by atoms with Gasteiger partial charge < -0.3 is 15.8 Å². The predicted molar refractivity (Wildman–Crippen MR) is 112 cm³/mol. The Hall–Kier alpha value is -1.15. The first kappa shape index (κ1) is 21.2. The normalized spacial score (nSPS) is 22.2. The van der Waals surface area contributed by atoms with E-state index < -0.39 is 0 Å². The van der Waals surface area contributed by atoms with Crippen molar-refractivity contribution in [2.24, 2.45) is 10.7 Å². The highest BCUT2D eigenvalue weighted by molar-refractivity contribution is 8.93. The molecule has 2 aliphatic rings. The maximum absolute atomic E-state index is 5.93. The number of nitrogens with two attached hydrogens (primary N) is 1. The fraction of sp³-hybridized carbons (Fsp3) is 0.632. The van der Waals surface area contributed by atoms with Crippen LogP contribution in [0.1, 0.15) is 18.4 Å². The molecule has 26 heavy (non-hydrogen) atoms. The molecule has 1 aromatic carbocycles. The molecule has 2 saturated heterocycles. The van der Waals surface area contributed by atoms with E-state index in [0.717, 1.165) is 65.3 Å². The Labute approximate surface area is 167 Å². The summed E-state index contributed by atoms with van der Waals surface area (Å²) in [5.74, 6) is 0.540. The van der Waals surface area contributed by atoms with Gasteiger partial charge in [0.1, 0.15) is 0 Å². The lowest BCUT2D eigenvalue weighted by atomic mass is 10.2. The molecule has 0 bridgehead atoms. The molecule has 146 valence electrons. The number of benzene rings is 1. The standard InChI is InChI=1S/C19H31N5O.BrH/c20-19(22-15-18-7-4-14-25-18)21-8-9-23-10-12-24(13-11-23)16-17-5-2-1-3-6-17;/h1-3,5-6,18H,4,7-16H2,(H3,20,21,22);1H. The van der Waals surface area contributed by atoms with Crippen LogP contribution in [0.2, 0.25) is 0 Å². The third kappa shape index (κ3) is 7.23. The average Bonchev–Trinajstić information content (AvgIpc) is 3.16. The zero-order chi connectivity index (χ0) is 17.3. The van der Waals surface area contributed by atoms with E-state index in [0.29, 0.717) is 12.5 Å². The molecule has 2 fully saturated rings. The summed E-state index contributed by atoms with van der Waals surface area (Å²) < 4.78 is 5.55. The lowest BCUT2D eigenvalue weighted by Gasteiger charge is -2.34. The third-order valence-electron chi connectivity index (χ3n) is 4.94. The Morgan fingerprint density at radius 3 is 2.58 bits per heavy atom. The number of ether oxygens (including phenoxy) is 1. The van der Waals surface area contributed by atoms with E-state index in [9.17, 15) is 0 Å². The highest BCUT2D eigenvalue weighted by Gasteiger charge is 2.17. The van der Waals surface area contributed by atoms with Gasteiger partial charge in [0.25, 0.3) is 0 Å². The van der Waals surface area contributed by atoms with Gasteiger partial charge in [0.2, 0.25) is 0 Å². The van der Waals surface area contributed by atoms with Crippen molar-refractivity contribution in [2.45, 2.75) is 25.5 Å². The molecular weight excluding hydrogens is 394 g/mol. The van der Waals surface area contributed by atoms with Crippen LogP contribution in [0.4, 0.5) is 0 Å². The number of rotatable bonds is 7. The molecule has 0 aromatic heterocycles. The Balaban J connectivity index is 0.00000243. The SMILES string of the molecule is Br.NC(=NCC1CCCO1)NCCN1CCN(Cc2ccccc2)CC1. The molecule has 3 N–H and O–H groups in total. The molecule has 3 rings (SSSR count). The van der Waals surface area contributed by atoms with Crippen molar-refractivity contribution < 1.29 is 4.74 Å². The Kier molecular flexibility index (Phi) is 9.39. The second kappa shape index (κ2) is 11.5. The Bertz CT molecular complexity index is 528. The van der Waals surface area contributed by atoms with Crippen LogP contribution < -0.4 is 11.1 Å². The van der Waals surface area contributed by atoms with Gasteiger partial charge in [0.05, 0.1) is 12.6 Å². The van der Waals surface area contributed by atoms with E-state index in [1.807, 2.05) is 0 Å². The van der Waals surface area contributed by atoms with Crippen molar-refractivity contribution in [1.29, 1.82) is 0 Å². The molecule has 6 nitrogen and oxygen atoms in total. The van der Waals surface area contributed by atoms with Gasteiger partial charge in [-0.15, -0.1) is 17.0 Å². The molecule has 1 unspecified atom stereocenters. The fourth-order valence-electron chi connectivity index (χ4n) is 3.40. The van der Waals surface area contributed by atoms with Crippen LogP contribution in [0.5, 0.6) is 0 Å². The van der Waals surface area contributed by atoms with Gasteiger partial charge in [-0.1, -0.05) is 30.3 Å². The first-order valence-electron chi connectivity index (χ1n) is 9.43. The largest absolute Gasteiger partial charge is 0.376 e. The van der Waals surface area contributed by atoms with Crippen molar-refractivity contribution in [2.75, 3.05) is 52.4 Å². The molecule has 0 amide bonds. The maximum atomic E-state index is 5.93. The van der Waals surface area contributed by atoms with Crippen molar-refractivity contribution in [3.63, 3.8) is 0 Å². The van der Waals surface area contributed by atoms with Crippen LogP contribution >= 0.6 is 17.0 Å². The number of halogens is 1. The molecule has 0 radical (unpaired) electrons. The average molecular weight is 426 g/mol. The minimum absolute atomic E-state index is 0.